The minimum Gasteiger partial charge on any atom is -0.494 e. The number of fused-ring (bicyclic) bond motifs is 1. The first-order valence-electron chi connectivity index (χ1n) is 7.24. The number of hydrogen-bond donors (Lipinski definition) is 1. The van der Waals surface area contributed by atoms with Crippen molar-refractivity contribution in [3.8, 4) is 5.75 Å². The molecule has 6 heteroatoms. The first kappa shape index (κ1) is 15.6. The Kier molecular flexibility index (Phi) is 5.38. The minimum absolute atomic E-state index is 0.197. The van der Waals surface area contributed by atoms with E-state index >= 15 is 0 Å². The van der Waals surface area contributed by atoms with Crippen molar-refractivity contribution >= 4 is 17.0 Å². The summed E-state index contributed by atoms with van der Waals surface area (Å²) in [5, 5.41) is 0. The van der Waals surface area contributed by atoms with Crippen LogP contribution in [-0.2, 0) is 11.3 Å². The highest BCUT2D eigenvalue weighted by molar-refractivity contribution is 5.80. The Morgan fingerprint density at radius 3 is 2.76 bits per heavy atom. The van der Waals surface area contributed by atoms with E-state index in [1.54, 1.807) is 6.07 Å². The molecule has 0 spiro atoms. The van der Waals surface area contributed by atoms with Gasteiger partial charge in [-0.2, -0.15) is 0 Å². The topological polar surface area (TPSA) is 62.3 Å². The summed E-state index contributed by atoms with van der Waals surface area (Å²) in [5.74, 6) is 0.145. The molecule has 2 rings (SSSR count). The van der Waals surface area contributed by atoms with Crippen LogP contribution < -0.4 is 10.5 Å². The zero-order valence-corrected chi connectivity index (χ0v) is 12.6. The Morgan fingerprint density at radius 2 is 2.05 bits per heavy atom. The number of aryl methyl sites for hydroxylation is 1. The van der Waals surface area contributed by atoms with Gasteiger partial charge >= 0.3 is 0 Å². The molecule has 2 aromatic rings. The standard InChI is InChI=1S/C15H22FN3O2/c1-3-4-7-21-8-5-6-19-13-10-14(20-2)11(16)9-12(13)18-15(19)17/h9-10H,3-8H2,1-2H3,(H2,17,18). The van der Waals surface area contributed by atoms with Crippen molar-refractivity contribution in [3.63, 3.8) is 0 Å². The molecule has 0 atom stereocenters. The molecular weight excluding hydrogens is 273 g/mol. The van der Waals surface area contributed by atoms with E-state index < -0.39 is 5.82 Å². The van der Waals surface area contributed by atoms with Gasteiger partial charge in [-0.15, -0.1) is 0 Å². The molecule has 1 heterocycles. The highest BCUT2D eigenvalue weighted by atomic mass is 19.1. The fourth-order valence-electron chi connectivity index (χ4n) is 2.21. The summed E-state index contributed by atoms with van der Waals surface area (Å²) >= 11 is 0. The summed E-state index contributed by atoms with van der Waals surface area (Å²) < 4.78 is 26.0. The van der Waals surface area contributed by atoms with Crippen LogP contribution in [0.4, 0.5) is 10.3 Å². The number of nitrogen functional groups attached to an aromatic ring is 1. The van der Waals surface area contributed by atoms with Gasteiger partial charge in [0.25, 0.3) is 0 Å². The molecule has 0 amide bonds. The van der Waals surface area contributed by atoms with Crippen LogP contribution in [-0.4, -0.2) is 29.9 Å². The Bertz CT molecular complexity index is 598. The van der Waals surface area contributed by atoms with Crippen molar-refractivity contribution in [3.05, 3.63) is 17.9 Å². The molecule has 0 aliphatic carbocycles. The molecule has 5 nitrogen and oxygen atoms in total. The monoisotopic (exact) mass is 295 g/mol. The van der Waals surface area contributed by atoms with Crippen molar-refractivity contribution in [2.24, 2.45) is 0 Å². The molecular formula is C15H22FN3O2. The van der Waals surface area contributed by atoms with E-state index in [2.05, 4.69) is 11.9 Å². The van der Waals surface area contributed by atoms with Crippen LogP contribution in [0.1, 0.15) is 26.2 Å². The smallest absolute Gasteiger partial charge is 0.201 e. The number of ether oxygens (including phenoxy) is 2. The molecule has 21 heavy (non-hydrogen) atoms. The highest BCUT2D eigenvalue weighted by Gasteiger charge is 2.12. The molecule has 0 fully saturated rings. The predicted molar refractivity (Wildman–Crippen MR) is 81.0 cm³/mol. The maximum absolute atomic E-state index is 13.7. The van der Waals surface area contributed by atoms with E-state index in [-0.39, 0.29) is 5.75 Å². The van der Waals surface area contributed by atoms with Gasteiger partial charge in [0.2, 0.25) is 5.95 Å². The highest BCUT2D eigenvalue weighted by Crippen LogP contribution is 2.26. The zero-order chi connectivity index (χ0) is 15.2. The van der Waals surface area contributed by atoms with Crippen molar-refractivity contribution < 1.29 is 13.9 Å². The van der Waals surface area contributed by atoms with Crippen LogP contribution in [0.25, 0.3) is 11.0 Å². The SMILES string of the molecule is CCCCOCCCn1c(N)nc2cc(F)c(OC)cc21. The first-order chi connectivity index (χ1) is 10.2. The van der Waals surface area contributed by atoms with Crippen molar-refractivity contribution in [2.45, 2.75) is 32.7 Å². The first-order valence-corrected chi connectivity index (χ1v) is 7.24. The van der Waals surface area contributed by atoms with Gasteiger partial charge in [-0.3, -0.25) is 0 Å². The van der Waals surface area contributed by atoms with Gasteiger partial charge < -0.3 is 19.8 Å². The lowest BCUT2D eigenvalue weighted by Gasteiger charge is -2.08. The second-order valence-corrected chi connectivity index (χ2v) is 4.92. The average Bonchev–Trinajstić information content (AvgIpc) is 2.76. The van der Waals surface area contributed by atoms with Crippen LogP contribution in [0.2, 0.25) is 0 Å². The molecule has 2 N–H and O–H groups in total. The molecule has 0 bridgehead atoms. The molecule has 1 aromatic heterocycles. The maximum atomic E-state index is 13.7. The van der Waals surface area contributed by atoms with Crippen molar-refractivity contribution in [1.29, 1.82) is 0 Å². The summed E-state index contributed by atoms with van der Waals surface area (Å²) in [6, 6.07) is 2.98. The van der Waals surface area contributed by atoms with Crippen LogP contribution in [0.3, 0.4) is 0 Å². The third kappa shape index (κ3) is 3.64. The molecule has 0 aliphatic rings. The molecule has 0 unspecified atom stereocenters. The van der Waals surface area contributed by atoms with Crippen LogP contribution in [0.15, 0.2) is 12.1 Å². The normalized spacial score (nSPS) is 11.2. The number of halogens is 1. The fraction of sp³-hybridized carbons (Fsp3) is 0.533. The second-order valence-electron chi connectivity index (χ2n) is 4.92. The summed E-state index contributed by atoms with van der Waals surface area (Å²) in [6.45, 7) is 4.28. The summed E-state index contributed by atoms with van der Waals surface area (Å²) in [4.78, 5) is 4.18. The van der Waals surface area contributed by atoms with Crippen molar-refractivity contribution in [1.82, 2.24) is 9.55 Å². The molecule has 0 saturated carbocycles. The van der Waals surface area contributed by atoms with Gasteiger partial charge in [0.15, 0.2) is 11.6 Å². The number of benzene rings is 1. The number of aromatic nitrogens is 2. The van der Waals surface area contributed by atoms with Gasteiger partial charge in [-0.1, -0.05) is 13.3 Å². The fourth-order valence-corrected chi connectivity index (χ4v) is 2.21. The quantitative estimate of drug-likeness (QED) is 0.761. The molecule has 1 aromatic carbocycles. The minimum atomic E-state index is -0.433. The molecule has 0 saturated heterocycles. The van der Waals surface area contributed by atoms with E-state index in [1.165, 1.54) is 13.2 Å². The summed E-state index contributed by atoms with van der Waals surface area (Å²) in [6.07, 6.45) is 3.04. The number of nitrogens with zero attached hydrogens (tertiary/aromatic N) is 2. The van der Waals surface area contributed by atoms with Crippen molar-refractivity contribution in [2.75, 3.05) is 26.1 Å². The van der Waals surface area contributed by atoms with Gasteiger partial charge in [-0.25, -0.2) is 9.37 Å². The Hall–Kier alpha value is -1.82. The number of hydrogen-bond acceptors (Lipinski definition) is 4. The van der Waals surface area contributed by atoms with E-state index in [0.717, 1.165) is 31.4 Å². The number of anilines is 1. The second kappa shape index (κ2) is 7.26. The summed E-state index contributed by atoms with van der Waals surface area (Å²) in [7, 11) is 1.44. The number of imidazole rings is 1. The van der Waals surface area contributed by atoms with Gasteiger partial charge in [-0.05, 0) is 12.8 Å². The third-order valence-electron chi connectivity index (χ3n) is 3.36. The maximum Gasteiger partial charge on any atom is 0.201 e. The van der Waals surface area contributed by atoms with Crippen LogP contribution >= 0.6 is 0 Å². The van der Waals surface area contributed by atoms with E-state index in [1.807, 2.05) is 4.57 Å². The lowest BCUT2D eigenvalue weighted by Crippen LogP contribution is -2.06. The zero-order valence-electron chi connectivity index (χ0n) is 12.6. The Balaban J connectivity index is 2.06. The molecule has 0 radical (unpaired) electrons. The number of methoxy groups -OCH3 is 1. The molecule has 0 aliphatic heterocycles. The summed E-state index contributed by atoms with van der Waals surface area (Å²) in [5.41, 5.74) is 7.22. The third-order valence-corrected chi connectivity index (χ3v) is 3.36. The Labute approximate surface area is 123 Å². The largest absolute Gasteiger partial charge is 0.494 e. The number of nitrogens with two attached hydrogens (primary N) is 1. The lowest BCUT2D eigenvalue weighted by molar-refractivity contribution is 0.126. The van der Waals surface area contributed by atoms with Gasteiger partial charge in [0.1, 0.15) is 0 Å². The van der Waals surface area contributed by atoms with E-state index in [0.29, 0.717) is 24.6 Å². The number of rotatable bonds is 8. The van der Waals surface area contributed by atoms with Gasteiger partial charge in [0.05, 0.1) is 18.1 Å². The number of unbranched alkanes of at least 4 members (excludes halogenated alkanes) is 1. The van der Waals surface area contributed by atoms with Crippen LogP contribution in [0.5, 0.6) is 5.75 Å². The van der Waals surface area contributed by atoms with E-state index in [9.17, 15) is 4.39 Å². The average molecular weight is 295 g/mol. The van der Waals surface area contributed by atoms with Crippen LogP contribution in [0, 0.1) is 5.82 Å². The van der Waals surface area contributed by atoms with Gasteiger partial charge in [0, 0.05) is 31.9 Å². The lowest BCUT2D eigenvalue weighted by atomic mass is 10.2. The molecule has 116 valence electrons. The Morgan fingerprint density at radius 1 is 1.29 bits per heavy atom. The van der Waals surface area contributed by atoms with E-state index in [4.69, 9.17) is 15.2 Å². The predicted octanol–water partition coefficient (Wildman–Crippen LogP) is 2.97.